The molecule has 0 amide bonds. The fourth-order valence-corrected chi connectivity index (χ4v) is 0. The molecule has 35 valence electrons. The standard InChI is InChI=1S/2H2N.Re.2H2S/h2*1H2;;2*1H2/q2*-1;+4;;/p-2. The Morgan fingerprint density at radius 3 is 1.20 bits per heavy atom. The van der Waals surface area contributed by atoms with Crippen LogP contribution in [0.3, 0.4) is 0 Å². The monoisotopic (exact) mass is 285 g/mol. The Morgan fingerprint density at radius 2 is 1.20 bits per heavy atom. The van der Waals surface area contributed by atoms with E-state index >= 15 is 0 Å². The van der Waals surface area contributed by atoms with E-state index in [0.29, 0.717) is 0 Å². The van der Waals surface area contributed by atoms with Crippen molar-refractivity contribution in [1.82, 2.24) is 0 Å². The summed E-state index contributed by atoms with van der Waals surface area (Å²) in [6, 6.07) is 0. The zero-order chi connectivity index (χ0) is 4.50. The third-order valence-electron chi connectivity index (χ3n) is 0. The maximum atomic E-state index is 5.06. The molecule has 5 heteroatoms. The molecule has 0 aliphatic carbocycles. The fourth-order valence-electron chi connectivity index (χ4n) is 0. The fraction of sp³-hybridized carbons (Fsp3) is 0. The van der Waals surface area contributed by atoms with Crippen molar-refractivity contribution >= 4 is 20.9 Å². The van der Waals surface area contributed by atoms with E-state index < -0.39 is 13.5 Å². The normalized spacial score (nSPS) is 15.2. The molecule has 0 spiro atoms. The number of thiol groups is 2. The summed E-state index contributed by atoms with van der Waals surface area (Å²) in [5, 5.41) is 0. The van der Waals surface area contributed by atoms with Gasteiger partial charge in [0.1, 0.15) is 0 Å². The Labute approximate surface area is 43.2 Å². The summed E-state index contributed by atoms with van der Waals surface area (Å²) in [6.07, 6.45) is 0. The van der Waals surface area contributed by atoms with E-state index in [1.165, 1.54) is 0 Å². The zero-order valence-corrected chi connectivity index (χ0v) is 6.93. The molecule has 0 aliphatic rings. The van der Waals surface area contributed by atoms with Crippen LogP contribution < -0.4 is 8.73 Å². The van der Waals surface area contributed by atoms with Crippen LogP contribution in [0, 0.1) is 0 Å². The van der Waals surface area contributed by atoms with Crippen molar-refractivity contribution in [1.29, 1.82) is 0 Å². The molecule has 5 heavy (non-hydrogen) atoms. The Balaban J connectivity index is 3.02. The van der Waals surface area contributed by atoms with Gasteiger partial charge in [-0.05, 0) is 0 Å². The molecule has 0 saturated carbocycles. The first-order valence-corrected chi connectivity index (χ1v) is 11.9. The molecule has 2 nitrogen and oxygen atoms in total. The predicted molar refractivity (Wildman–Crippen MR) is 26.3 cm³/mol. The number of hydrogen-bond donors (Lipinski definition) is 4. The second kappa shape index (κ2) is 1.83. The molecular formula is H6N2ReS2. The van der Waals surface area contributed by atoms with Gasteiger partial charge in [-0.3, -0.25) is 0 Å². The van der Waals surface area contributed by atoms with Crippen molar-refractivity contribution in [3.63, 3.8) is 0 Å². The summed E-state index contributed by atoms with van der Waals surface area (Å²) >= 11 is -2.72. The summed E-state index contributed by atoms with van der Waals surface area (Å²) in [5.41, 5.74) is 0. The van der Waals surface area contributed by atoms with Crippen LogP contribution in [0.25, 0.3) is 0 Å². The molecule has 0 aromatic heterocycles. The van der Waals surface area contributed by atoms with Crippen LogP contribution >= 0.6 is 20.9 Å². The summed E-state index contributed by atoms with van der Waals surface area (Å²) < 4.78 is 10.1. The first-order valence-electron chi connectivity index (χ1n) is 0.774. The van der Waals surface area contributed by atoms with E-state index in [4.69, 9.17) is 8.73 Å². The molecule has 0 fully saturated rings. The van der Waals surface area contributed by atoms with Crippen LogP contribution in [0.15, 0.2) is 0 Å². The van der Waals surface area contributed by atoms with E-state index in [1.54, 1.807) is 0 Å². The van der Waals surface area contributed by atoms with Crippen LogP contribution in [0.4, 0.5) is 0 Å². The van der Waals surface area contributed by atoms with Crippen LogP contribution in [-0.4, -0.2) is 0 Å². The minimum atomic E-state index is -2.72. The van der Waals surface area contributed by atoms with E-state index in [0.717, 1.165) is 0 Å². The van der Waals surface area contributed by atoms with Gasteiger partial charge in [0.2, 0.25) is 0 Å². The molecule has 0 aromatic rings. The van der Waals surface area contributed by atoms with Gasteiger partial charge in [-0.2, -0.15) is 0 Å². The number of nitrogens with two attached hydrogens (primary N) is 2. The van der Waals surface area contributed by atoms with Gasteiger partial charge in [0.25, 0.3) is 0 Å². The number of hydrogen-bond acceptors (Lipinski definition) is 4. The van der Waals surface area contributed by atoms with Gasteiger partial charge in [-0.1, -0.05) is 0 Å². The van der Waals surface area contributed by atoms with Crippen LogP contribution in [0.2, 0.25) is 0 Å². The van der Waals surface area contributed by atoms with Crippen molar-refractivity contribution in [2.24, 2.45) is 8.73 Å². The Morgan fingerprint density at radius 1 is 1.20 bits per heavy atom. The summed E-state index contributed by atoms with van der Waals surface area (Å²) in [7, 11) is 7.49. The molecule has 0 saturated heterocycles. The third-order valence-corrected chi connectivity index (χ3v) is 0. The summed E-state index contributed by atoms with van der Waals surface area (Å²) in [6.45, 7) is 0. The van der Waals surface area contributed by atoms with Gasteiger partial charge in [0.05, 0.1) is 0 Å². The van der Waals surface area contributed by atoms with E-state index in [1.807, 2.05) is 0 Å². The zero-order valence-electron chi connectivity index (χ0n) is 2.43. The summed E-state index contributed by atoms with van der Waals surface area (Å²) in [5.74, 6) is 0. The molecule has 0 aromatic carbocycles. The Bertz CT molecular complexity index is 23.1. The maximum absolute atomic E-state index is 5.06. The molecule has 0 aliphatic heterocycles. The average molecular weight is 284 g/mol. The van der Waals surface area contributed by atoms with Gasteiger partial charge in [0, 0.05) is 0 Å². The van der Waals surface area contributed by atoms with Gasteiger partial charge in [-0.25, -0.2) is 0 Å². The first-order chi connectivity index (χ1) is 2.00. The summed E-state index contributed by atoms with van der Waals surface area (Å²) in [4.78, 5) is 0. The topological polar surface area (TPSA) is 52.0 Å². The molecule has 0 atom stereocenters. The molecule has 0 unspecified atom stereocenters. The van der Waals surface area contributed by atoms with Gasteiger partial charge in [-0.15, -0.1) is 0 Å². The minimum absolute atomic E-state index is 2.72. The molecule has 0 rings (SSSR count). The molecule has 0 bridgehead atoms. The predicted octanol–water partition coefficient (Wildman–Crippen LogP) is -0.423. The van der Waals surface area contributed by atoms with Gasteiger partial charge < -0.3 is 0 Å². The second-order valence-corrected chi connectivity index (χ2v) is 16.2. The van der Waals surface area contributed by atoms with Crippen LogP contribution in [0.1, 0.15) is 0 Å². The Kier molecular flexibility index (Phi) is 2.30. The molecule has 4 N–H and O–H groups in total. The van der Waals surface area contributed by atoms with Gasteiger partial charge in [0.15, 0.2) is 0 Å². The van der Waals surface area contributed by atoms with Crippen molar-refractivity contribution in [3.8, 4) is 0 Å². The third kappa shape index (κ3) is 34.6. The van der Waals surface area contributed by atoms with Gasteiger partial charge >= 0.3 is 43.2 Å². The van der Waals surface area contributed by atoms with Crippen molar-refractivity contribution in [3.05, 3.63) is 0 Å². The molecule has 0 radical (unpaired) electrons. The average Bonchev–Trinajstić information content (AvgIpc) is 0.722. The Hall–Kier alpha value is 1.28. The number of rotatable bonds is 0. The van der Waals surface area contributed by atoms with Crippen LogP contribution in [-0.2, 0) is 13.5 Å². The molecule has 0 heterocycles. The van der Waals surface area contributed by atoms with E-state index in [2.05, 4.69) is 20.9 Å². The van der Waals surface area contributed by atoms with E-state index in [-0.39, 0.29) is 0 Å². The second-order valence-electron chi connectivity index (χ2n) is 0.592. The van der Waals surface area contributed by atoms with Crippen molar-refractivity contribution < 1.29 is 13.5 Å². The molecular weight excluding hydrogens is 278 g/mol. The first kappa shape index (κ1) is 6.28. The van der Waals surface area contributed by atoms with E-state index in [9.17, 15) is 0 Å². The van der Waals surface area contributed by atoms with Crippen LogP contribution in [0.5, 0.6) is 0 Å². The van der Waals surface area contributed by atoms with Crippen molar-refractivity contribution in [2.75, 3.05) is 0 Å². The van der Waals surface area contributed by atoms with Crippen molar-refractivity contribution in [2.45, 2.75) is 0 Å². The SMILES string of the molecule is [NH2][Re]([NH2])([SH])[SH]. The quantitative estimate of drug-likeness (QED) is 0.457.